The van der Waals surface area contributed by atoms with Crippen LogP contribution >= 0.6 is 0 Å². The van der Waals surface area contributed by atoms with Crippen LogP contribution in [0.15, 0.2) is 42.7 Å². The van der Waals surface area contributed by atoms with Crippen LogP contribution < -0.4 is 5.32 Å². The van der Waals surface area contributed by atoms with Gasteiger partial charge in [0.05, 0.1) is 17.1 Å². The van der Waals surface area contributed by atoms with Crippen LogP contribution in [0, 0.1) is 6.92 Å². The molecule has 3 rings (SSSR count). The Morgan fingerprint density at radius 2 is 1.90 bits per heavy atom. The van der Waals surface area contributed by atoms with Crippen molar-refractivity contribution in [2.75, 3.05) is 5.32 Å². The van der Waals surface area contributed by atoms with Crippen molar-refractivity contribution in [3.05, 3.63) is 54.1 Å². The Hall–Kier alpha value is -2.56. The van der Waals surface area contributed by atoms with Crippen molar-refractivity contribution in [2.24, 2.45) is 7.05 Å². The third-order valence-electron chi connectivity index (χ3n) is 3.35. The maximum absolute atomic E-state index is 4.58. The molecule has 21 heavy (non-hydrogen) atoms. The van der Waals surface area contributed by atoms with Gasteiger partial charge in [0.15, 0.2) is 0 Å². The summed E-state index contributed by atoms with van der Waals surface area (Å²) in [6.45, 7) is 4.09. The third kappa shape index (κ3) is 2.67. The van der Waals surface area contributed by atoms with Crippen molar-refractivity contribution in [2.45, 2.75) is 20.3 Å². The number of imidazole rings is 1. The molecule has 1 aromatic carbocycles. The van der Waals surface area contributed by atoms with Crippen molar-refractivity contribution >= 4 is 11.6 Å². The van der Waals surface area contributed by atoms with E-state index >= 15 is 0 Å². The summed E-state index contributed by atoms with van der Waals surface area (Å²) < 4.78 is 3.88. The molecular weight excluding hydrogens is 262 g/mol. The molecule has 1 N–H and O–H groups in total. The fourth-order valence-corrected chi connectivity index (χ4v) is 2.39. The van der Waals surface area contributed by atoms with E-state index in [1.807, 2.05) is 49.2 Å². The molecule has 0 fully saturated rings. The SMILES string of the molecule is CCc1nn(C)cc1Nc1nc(C)cn1-c1ccccc1. The zero-order chi connectivity index (χ0) is 14.8. The number of para-hydroxylation sites is 1. The highest BCUT2D eigenvalue weighted by Gasteiger charge is 2.11. The zero-order valence-electron chi connectivity index (χ0n) is 12.5. The Bertz CT molecular complexity index is 739. The van der Waals surface area contributed by atoms with Crippen LogP contribution in [0.3, 0.4) is 0 Å². The summed E-state index contributed by atoms with van der Waals surface area (Å²) in [5.41, 5.74) is 4.10. The summed E-state index contributed by atoms with van der Waals surface area (Å²) in [5.74, 6) is 0.807. The monoisotopic (exact) mass is 281 g/mol. The molecule has 0 saturated heterocycles. The van der Waals surface area contributed by atoms with Gasteiger partial charge >= 0.3 is 0 Å². The van der Waals surface area contributed by atoms with E-state index in [-0.39, 0.29) is 0 Å². The number of hydrogen-bond acceptors (Lipinski definition) is 3. The Balaban J connectivity index is 1.99. The molecule has 3 aromatic rings. The number of aryl methyl sites for hydroxylation is 3. The molecule has 2 heterocycles. The minimum atomic E-state index is 0.807. The molecule has 0 saturated carbocycles. The van der Waals surface area contributed by atoms with Gasteiger partial charge < -0.3 is 5.32 Å². The number of aromatic nitrogens is 4. The van der Waals surface area contributed by atoms with E-state index in [4.69, 9.17) is 0 Å². The quantitative estimate of drug-likeness (QED) is 0.798. The number of hydrogen-bond donors (Lipinski definition) is 1. The molecule has 5 nitrogen and oxygen atoms in total. The maximum Gasteiger partial charge on any atom is 0.212 e. The number of nitrogens with one attached hydrogen (secondary N) is 1. The number of anilines is 2. The highest BCUT2D eigenvalue weighted by atomic mass is 15.3. The van der Waals surface area contributed by atoms with Gasteiger partial charge in [-0.15, -0.1) is 0 Å². The van der Waals surface area contributed by atoms with Crippen LogP contribution in [0.2, 0.25) is 0 Å². The fourth-order valence-electron chi connectivity index (χ4n) is 2.39. The second kappa shape index (κ2) is 5.44. The second-order valence-electron chi connectivity index (χ2n) is 5.05. The van der Waals surface area contributed by atoms with Crippen LogP contribution in [0.5, 0.6) is 0 Å². The molecule has 0 aliphatic heterocycles. The van der Waals surface area contributed by atoms with Crippen LogP contribution in [0.1, 0.15) is 18.3 Å². The predicted molar refractivity (Wildman–Crippen MR) is 84.2 cm³/mol. The Morgan fingerprint density at radius 1 is 1.14 bits per heavy atom. The van der Waals surface area contributed by atoms with Crippen LogP contribution in [0.4, 0.5) is 11.6 Å². The Kier molecular flexibility index (Phi) is 3.48. The van der Waals surface area contributed by atoms with Gasteiger partial charge in [0.25, 0.3) is 0 Å². The van der Waals surface area contributed by atoms with Crippen molar-refractivity contribution < 1.29 is 0 Å². The summed E-state index contributed by atoms with van der Waals surface area (Å²) in [7, 11) is 1.93. The van der Waals surface area contributed by atoms with E-state index in [0.717, 1.165) is 35.1 Å². The topological polar surface area (TPSA) is 47.7 Å². The molecule has 0 aliphatic rings. The molecule has 0 unspecified atom stereocenters. The van der Waals surface area contributed by atoms with Crippen LogP contribution in [-0.2, 0) is 13.5 Å². The van der Waals surface area contributed by atoms with Gasteiger partial charge in [-0.3, -0.25) is 9.25 Å². The van der Waals surface area contributed by atoms with Gasteiger partial charge in [-0.2, -0.15) is 5.10 Å². The molecule has 0 bridgehead atoms. The summed E-state index contributed by atoms with van der Waals surface area (Å²) in [6.07, 6.45) is 4.89. The van der Waals surface area contributed by atoms with Crippen LogP contribution in [0.25, 0.3) is 5.69 Å². The molecule has 2 aromatic heterocycles. The van der Waals surface area contributed by atoms with E-state index in [0.29, 0.717) is 0 Å². The standard InChI is InChI=1S/C16H19N5/c1-4-14-15(11-20(3)19-14)18-16-17-12(2)10-21(16)13-8-6-5-7-9-13/h5-11H,4H2,1-3H3,(H,17,18). The highest BCUT2D eigenvalue weighted by molar-refractivity contribution is 5.58. The molecule has 0 atom stereocenters. The van der Waals surface area contributed by atoms with Crippen molar-refractivity contribution in [3.63, 3.8) is 0 Å². The summed E-state index contributed by atoms with van der Waals surface area (Å²) in [6, 6.07) is 10.2. The first-order chi connectivity index (χ1) is 10.2. The first kappa shape index (κ1) is 13.4. The summed E-state index contributed by atoms with van der Waals surface area (Å²) in [4.78, 5) is 4.58. The largest absolute Gasteiger partial charge is 0.322 e. The van der Waals surface area contributed by atoms with E-state index in [1.54, 1.807) is 0 Å². The highest BCUT2D eigenvalue weighted by Crippen LogP contribution is 2.22. The Morgan fingerprint density at radius 3 is 2.62 bits per heavy atom. The lowest BCUT2D eigenvalue weighted by Crippen LogP contribution is -2.01. The number of rotatable bonds is 4. The Labute approximate surface area is 124 Å². The van der Waals surface area contributed by atoms with E-state index in [9.17, 15) is 0 Å². The smallest absolute Gasteiger partial charge is 0.212 e. The average Bonchev–Trinajstić information content (AvgIpc) is 3.03. The van der Waals surface area contributed by atoms with Crippen LogP contribution in [-0.4, -0.2) is 19.3 Å². The first-order valence-electron chi connectivity index (χ1n) is 7.08. The lowest BCUT2D eigenvalue weighted by atomic mass is 10.3. The molecular formula is C16H19N5. The predicted octanol–water partition coefficient (Wildman–Crippen LogP) is 3.22. The maximum atomic E-state index is 4.58. The zero-order valence-corrected chi connectivity index (χ0v) is 12.5. The molecule has 0 radical (unpaired) electrons. The number of benzene rings is 1. The third-order valence-corrected chi connectivity index (χ3v) is 3.35. The van der Waals surface area contributed by atoms with Crippen molar-refractivity contribution in [1.82, 2.24) is 19.3 Å². The second-order valence-corrected chi connectivity index (χ2v) is 5.05. The first-order valence-corrected chi connectivity index (χ1v) is 7.08. The minimum absolute atomic E-state index is 0.807. The molecule has 0 spiro atoms. The van der Waals surface area contributed by atoms with E-state index < -0.39 is 0 Å². The van der Waals surface area contributed by atoms with Gasteiger partial charge in [0.1, 0.15) is 0 Å². The van der Waals surface area contributed by atoms with Gasteiger partial charge in [0, 0.05) is 25.1 Å². The molecule has 108 valence electrons. The minimum Gasteiger partial charge on any atom is -0.322 e. The summed E-state index contributed by atoms with van der Waals surface area (Å²) in [5, 5.41) is 7.85. The molecule has 5 heteroatoms. The average molecular weight is 281 g/mol. The summed E-state index contributed by atoms with van der Waals surface area (Å²) >= 11 is 0. The van der Waals surface area contributed by atoms with Crippen molar-refractivity contribution in [3.8, 4) is 5.69 Å². The lowest BCUT2D eigenvalue weighted by molar-refractivity contribution is 0.746. The number of nitrogens with zero attached hydrogens (tertiary/aromatic N) is 4. The van der Waals surface area contributed by atoms with Gasteiger partial charge in [-0.1, -0.05) is 25.1 Å². The molecule has 0 aliphatic carbocycles. The normalized spacial score (nSPS) is 10.8. The van der Waals surface area contributed by atoms with Gasteiger partial charge in [0.2, 0.25) is 5.95 Å². The fraction of sp³-hybridized carbons (Fsp3) is 0.250. The molecule has 0 amide bonds. The van der Waals surface area contributed by atoms with Crippen molar-refractivity contribution in [1.29, 1.82) is 0 Å². The van der Waals surface area contributed by atoms with E-state index in [2.05, 4.69) is 39.0 Å². The van der Waals surface area contributed by atoms with Gasteiger partial charge in [-0.05, 0) is 25.5 Å². The van der Waals surface area contributed by atoms with Gasteiger partial charge in [-0.25, -0.2) is 4.98 Å². The lowest BCUT2D eigenvalue weighted by Gasteiger charge is -2.09. The van der Waals surface area contributed by atoms with E-state index in [1.165, 1.54) is 0 Å².